The second-order valence-corrected chi connectivity index (χ2v) is 6.63. The maximum absolute atomic E-state index is 12.0. The van der Waals surface area contributed by atoms with Gasteiger partial charge in [-0.3, -0.25) is 4.18 Å². The van der Waals surface area contributed by atoms with Gasteiger partial charge in [-0.1, -0.05) is 29.8 Å². The van der Waals surface area contributed by atoms with Crippen molar-refractivity contribution in [2.45, 2.75) is 18.2 Å². The normalized spacial score (nSPS) is 11.8. The van der Waals surface area contributed by atoms with E-state index in [-0.39, 0.29) is 17.3 Å². The lowest BCUT2D eigenvalue weighted by molar-refractivity contribution is 0.0565. The van der Waals surface area contributed by atoms with Gasteiger partial charge in [-0.2, -0.15) is 8.42 Å². The summed E-state index contributed by atoms with van der Waals surface area (Å²) in [6, 6.07) is 7.99. The number of ether oxygens (including phenoxy) is 1. The second kappa shape index (κ2) is 7.94. The number of carbonyl (C=O) groups is 1. The van der Waals surface area contributed by atoms with Crippen molar-refractivity contribution in [1.82, 2.24) is 0 Å². The summed E-state index contributed by atoms with van der Waals surface area (Å²) in [5, 5.41) is 0. The summed E-state index contributed by atoms with van der Waals surface area (Å²) in [4.78, 5) is 11.4. The largest absolute Gasteiger partial charge is 0.463 e. The topological polar surface area (TPSA) is 82.8 Å². The lowest BCUT2D eigenvalue weighted by atomic mass is 10.2. The van der Waals surface area contributed by atoms with E-state index >= 15 is 0 Å². The Kier molecular flexibility index (Phi) is 5.94. The molecule has 0 saturated heterocycles. The average molecular weight is 350 g/mol. The molecule has 0 atom stereocenters. The molecular weight excluding hydrogens is 332 g/mol. The maximum Gasteiger partial charge on any atom is 0.373 e. The molecule has 0 spiro atoms. The lowest BCUT2D eigenvalue weighted by Crippen LogP contribution is -2.07. The van der Waals surface area contributed by atoms with Crippen LogP contribution in [0.25, 0.3) is 6.08 Å². The van der Waals surface area contributed by atoms with Crippen LogP contribution >= 0.6 is 0 Å². The highest BCUT2D eigenvalue weighted by Crippen LogP contribution is 2.14. The first kappa shape index (κ1) is 18.0. The van der Waals surface area contributed by atoms with Crippen LogP contribution in [-0.2, 0) is 19.0 Å². The third-order valence-corrected chi connectivity index (χ3v) is 4.48. The van der Waals surface area contributed by atoms with Crippen LogP contribution in [0.4, 0.5) is 0 Å². The van der Waals surface area contributed by atoms with Gasteiger partial charge in [-0.25, -0.2) is 4.79 Å². The molecule has 0 N–H and O–H groups in total. The molecular formula is C17H18O6S. The summed E-state index contributed by atoms with van der Waals surface area (Å²) in [6.07, 6.45) is 5.24. The van der Waals surface area contributed by atoms with E-state index in [0.29, 0.717) is 12.0 Å². The predicted molar refractivity (Wildman–Crippen MR) is 88.0 cm³/mol. The SMILES string of the molecule is COC(=O)c1cc(C=CCCOS(=O)(=O)c2ccc(C)cc2)co1. The first-order chi connectivity index (χ1) is 11.4. The van der Waals surface area contributed by atoms with Gasteiger partial charge in [0.25, 0.3) is 10.1 Å². The van der Waals surface area contributed by atoms with Gasteiger partial charge >= 0.3 is 5.97 Å². The molecule has 0 aliphatic carbocycles. The summed E-state index contributed by atoms with van der Waals surface area (Å²) in [5.41, 5.74) is 1.65. The van der Waals surface area contributed by atoms with Crippen LogP contribution in [0.5, 0.6) is 0 Å². The van der Waals surface area contributed by atoms with E-state index in [1.165, 1.54) is 31.6 Å². The van der Waals surface area contributed by atoms with E-state index in [4.69, 9.17) is 8.60 Å². The molecule has 0 unspecified atom stereocenters. The van der Waals surface area contributed by atoms with Crippen molar-refractivity contribution in [1.29, 1.82) is 0 Å². The van der Waals surface area contributed by atoms with Crippen molar-refractivity contribution in [2.75, 3.05) is 13.7 Å². The molecule has 0 fully saturated rings. The Balaban J connectivity index is 1.84. The molecule has 0 saturated carbocycles. The van der Waals surface area contributed by atoms with Crippen LogP contribution in [0.1, 0.15) is 28.1 Å². The van der Waals surface area contributed by atoms with Crippen molar-refractivity contribution in [2.24, 2.45) is 0 Å². The monoisotopic (exact) mass is 350 g/mol. The van der Waals surface area contributed by atoms with Crippen LogP contribution in [-0.4, -0.2) is 28.1 Å². The molecule has 6 nitrogen and oxygen atoms in total. The molecule has 0 bridgehead atoms. The van der Waals surface area contributed by atoms with Crippen molar-refractivity contribution in [3.05, 3.63) is 59.6 Å². The summed E-state index contributed by atoms with van der Waals surface area (Å²) in [7, 11) is -2.48. The third-order valence-electron chi connectivity index (χ3n) is 3.15. The van der Waals surface area contributed by atoms with Gasteiger partial charge in [0.1, 0.15) is 0 Å². The number of hydrogen-bond donors (Lipinski definition) is 0. The Labute approximate surface area is 140 Å². The average Bonchev–Trinajstić information content (AvgIpc) is 3.03. The first-order valence-electron chi connectivity index (χ1n) is 7.22. The highest BCUT2D eigenvalue weighted by atomic mass is 32.2. The maximum atomic E-state index is 12.0. The molecule has 1 aromatic carbocycles. The molecule has 0 aliphatic heterocycles. The van der Waals surface area contributed by atoms with Gasteiger partial charge in [0, 0.05) is 5.56 Å². The fourth-order valence-corrected chi connectivity index (χ4v) is 2.79. The first-order valence-corrected chi connectivity index (χ1v) is 8.63. The highest BCUT2D eigenvalue weighted by Gasteiger charge is 2.14. The standard InChI is InChI=1S/C17H18O6S/c1-13-6-8-15(9-7-13)24(19,20)23-10-4-3-5-14-11-16(22-12-14)17(18)21-2/h3,5-9,11-12H,4,10H2,1-2H3. The molecule has 7 heteroatoms. The van der Waals surface area contributed by atoms with Gasteiger partial charge in [-0.15, -0.1) is 0 Å². The summed E-state index contributed by atoms with van der Waals surface area (Å²) in [6.45, 7) is 1.90. The summed E-state index contributed by atoms with van der Waals surface area (Å²) in [5.74, 6) is -0.447. The second-order valence-electron chi connectivity index (χ2n) is 5.02. The number of esters is 1. The fourth-order valence-electron chi connectivity index (χ4n) is 1.86. The van der Waals surface area contributed by atoms with E-state index < -0.39 is 16.1 Å². The fraction of sp³-hybridized carbons (Fsp3) is 0.235. The van der Waals surface area contributed by atoms with Crippen molar-refractivity contribution < 1.29 is 26.5 Å². The Morgan fingerprint density at radius 3 is 2.62 bits per heavy atom. The number of rotatable bonds is 7. The van der Waals surface area contributed by atoms with Crippen LogP contribution in [0.3, 0.4) is 0 Å². The number of furan rings is 1. The summed E-state index contributed by atoms with van der Waals surface area (Å²) >= 11 is 0. The number of hydrogen-bond acceptors (Lipinski definition) is 6. The molecule has 24 heavy (non-hydrogen) atoms. The molecule has 0 aliphatic rings. The zero-order valence-electron chi connectivity index (χ0n) is 13.4. The zero-order valence-corrected chi connectivity index (χ0v) is 14.2. The van der Waals surface area contributed by atoms with Gasteiger partial charge in [0.2, 0.25) is 5.76 Å². The number of aryl methyl sites for hydroxylation is 1. The Morgan fingerprint density at radius 2 is 1.96 bits per heavy atom. The van der Waals surface area contributed by atoms with E-state index in [1.54, 1.807) is 24.3 Å². The molecule has 2 rings (SSSR count). The number of methoxy groups -OCH3 is 1. The zero-order chi connectivity index (χ0) is 17.6. The Morgan fingerprint density at radius 1 is 1.25 bits per heavy atom. The van der Waals surface area contributed by atoms with Gasteiger partial charge in [0.15, 0.2) is 0 Å². The minimum atomic E-state index is -3.75. The third kappa shape index (κ3) is 4.81. The predicted octanol–water partition coefficient (Wildman–Crippen LogP) is 3.18. The van der Waals surface area contributed by atoms with Crippen LogP contribution in [0.2, 0.25) is 0 Å². The van der Waals surface area contributed by atoms with E-state index in [2.05, 4.69) is 4.74 Å². The molecule has 2 aromatic rings. The number of benzene rings is 1. The molecule has 0 amide bonds. The van der Waals surface area contributed by atoms with Crippen LogP contribution in [0.15, 0.2) is 52.0 Å². The van der Waals surface area contributed by atoms with E-state index in [1.807, 2.05) is 6.92 Å². The Hall–Kier alpha value is -2.38. The minimum Gasteiger partial charge on any atom is -0.463 e. The lowest BCUT2D eigenvalue weighted by Gasteiger charge is -2.04. The quantitative estimate of drug-likeness (QED) is 0.433. The van der Waals surface area contributed by atoms with Crippen LogP contribution in [0, 0.1) is 6.92 Å². The molecule has 1 aromatic heterocycles. The van der Waals surface area contributed by atoms with Crippen molar-refractivity contribution in [3.8, 4) is 0 Å². The van der Waals surface area contributed by atoms with Crippen LogP contribution < -0.4 is 0 Å². The highest BCUT2D eigenvalue weighted by molar-refractivity contribution is 7.86. The van der Waals surface area contributed by atoms with Gasteiger partial charge < -0.3 is 9.15 Å². The van der Waals surface area contributed by atoms with Crippen molar-refractivity contribution >= 4 is 22.2 Å². The Bertz CT molecular complexity index is 815. The molecule has 128 valence electrons. The van der Waals surface area contributed by atoms with E-state index in [9.17, 15) is 13.2 Å². The minimum absolute atomic E-state index is 0.0222. The van der Waals surface area contributed by atoms with Gasteiger partial charge in [0.05, 0.1) is 24.9 Å². The number of carbonyl (C=O) groups excluding carboxylic acids is 1. The van der Waals surface area contributed by atoms with Crippen molar-refractivity contribution in [3.63, 3.8) is 0 Å². The molecule has 0 radical (unpaired) electrons. The molecule has 1 heterocycles. The van der Waals surface area contributed by atoms with Gasteiger partial charge in [-0.05, 0) is 31.5 Å². The van der Waals surface area contributed by atoms with E-state index in [0.717, 1.165) is 5.56 Å². The smallest absolute Gasteiger partial charge is 0.373 e. The summed E-state index contributed by atoms with van der Waals surface area (Å²) < 4.78 is 38.5.